The average molecular weight is 282 g/mol. The van der Waals surface area contributed by atoms with Gasteiger partial charge in [0.05, 0.1) is 11.8 Å². The van der Waals surface area contributed by atoms with Crippen molar-refractivity contribution in [3.63, 3.8) is 0 Å². The number of benzene rings is 2. The number of hydrogen-bond donors (Lipinski definition) is 3. The fourth-order valence-electron chi connectivity index (χ4n) is 2.81. The van der Waals surface area contributed by atoms with Crippen molar-refractivity contribution in [2.75, 3.05) is 0 Å². The minimum Gasteiger partial charge on any atom is -0.480 e. The van der Waals surface area contributed by atoms with E-state index in [1.54, 1.807) is 12.4 Å². The monoisotopic (exact) mass is 282 g/mol. The van der Waals surface area contributed by atoms with Gasteiger partial charge in [-0.3, -0.25) is 0 Å². The Morgan fingerprint density at radius 3 is 2.67 bits per heavy atom. The van der Waals surface area contributed by atoms with Crippen LogP contribution in [0.3, 0.4) is 0 Å². The molecule has 0 spiro atoms. The predicted molar refractivity (Wildman–Crippen MR) is 76.9 cm³/mol. The van der Waals surface area contributed by atoms with Crippen molar-refractivity contribution in [1.82, 2.24) is 9.97 Å². The summed E-state index contributed by atoms with van der Waals surface area (Å²) in [6.07, 6.45) is -1.05. The smallest absolute Gasteiger partial charge is 0.154 e. The van der Waals surface area contributed by atoms with Gasteiger partial charge < -0.3 is 19.9 Å². The molecule has 0 aliphatic carbocycles. The SMILES string of the molecule is OC1c2ccc3[nH]cnc3c2OC(c2ccccc2)C1O. The van der Waals surface area contributed by atoms with E-state index in [1.165, 1.54) is 0 Å². The molecule has 21 heavy (non-hydrogen) atoms. The molecule has 4 rings (SSSR count). The summed E-state index contributed by atoms with van der Waals surface area (Å²) < 4.78 is 5.98. The van der Waals surface area contributed by atoms with E-state index in [0.29, 0.717) is 16.8 Å². The Morgan fingerprint density at radius 2 is 1.86 bits per heavy atom. The molecule has 3 atom stereocenters. The Labute approximate surface area is 120 Å². The van der Waals surface area contributed by atoms with Gasteiger partial charge in [-0.2, -0.15) is 0 Å². The molecule has 0 saturated carbocycles. The molecule has 2 heterocycles. The standard InChI is InChI=1S/C16H14N2O3/c19-13-10-6-7-11-12(18-8-17-11)16(10)21-15(14(13)20)9-4-2-1-3-5-9/h1-8,13-15,19-20H,(H,17,18). The maximum atomic E-state index is 10.4. The lowest BCUT2D eigenvalue weighted by Crippen LogP contribution is -2.34. The Hall–Kier alpha value is -2.37. The van der Waals surface area contributed by atoms with E-state index in [1.807, 2.05) is 36.4 Å². The highest BCUT2D eigenvalue weighted by Gasteiger charge is 2.38. The molecule has 1 aliphatic heterocycles. The molecule has 2 aromatic carbocycles. The van der Waals surface area contributed by atoms with Crippen LogP contribution < -0.4 is 4.74 Å². The highest BCUT2D eigenvalue weighted by atomic mass is 16.5. The van der Waals surface area contributed by atoms with Crippen LogP contribution in [-0.4, -0.2) is 26.3 Å². The number of aliphatic hydroxyl groups is 2. The zero-order valence-corrected chi connectivity index (χ0v) is 11.1. The van der Waals surface area contributed by atoms with E-state index in [2.05, 4.69) is 9.97 Å². The van der Waals surface area contributed by atoms with E-state index in [4.69, 9.17) is 4.74 Å². The molecule has 3 aromatic rings. The van der Waals surface area contributed by atoms with Gasteiger partial charge in [-0.1, -0.05) is 36.4 Å². The van der Waals surface area contributed by atoms with E-state index >= 15 is 0 Å². The second kappa shape index (κ2) is 4.58. The number of rotatable bonds is 1. The van der Waals surface area contributed by atoms with Crippen LogP contribution in [0.4, 0.5) is 0 Å². The first kappa shape index (κ1) is 12.4. The number of aliphatic hydroxyl groups excluding tert-OH is 2. The number of hydrogen-bond acceptors (Lipinski definition) is 4. The largest absolute Gasteiger partial charge is 0.480 e. The number of ether oxygens (including phenoxy) is 1. The number of aromatic nitrogens is 2. The molecule has 5 heteroatoms. The summed E-state index contributed by atoms with van der Waals surface area (Å²) in [5, 5.41) is 20.7. The van der Waals surface area contributed by atoms with Crippen LogP contribution in [0.2, 0.25) is 0 Å². The van der Waals surface area contributed by atoms with Crippen LogP contribution in [0.5, 0.6) is 5.75 Å². The normalized spacial score (nSPS) is 24.6. The lowest BCUT2D eigenvalue weighted by molar-refractivity contribution is -0.0692. The maximum Gasteiger partial charge on any atom is 0.154 e. The van der Waals surface area contributed by atoms with Crippen molar-refractivity contribution >= 4 is 11.0 Å². The van der Waals surface area contributed by atoms with E-state index in [9.17, 15) is 10.2 Å². The van der Waals surface area contributed by atoms with Gasteiger partial charge >= 0.3 is 0 Å². The van der Waals surface area contributed by atoms with Crippen LogP contribution in [0, 0.1) is 0 Å². The van der Waals surface area contributed by atoms with E-state index in [-0.39, 0.29) is 0 Å². The first-order valence-electron chi connectivity index (χ1n) is 6.79. The van der Waals surface area contributed by atoms with E-state index < -0.39 is 18.3 Å². The molecule has 5 nitrogen and oxygen atoms in total. The second-order valence-corrected chi connectivity index (χ2v) is 5.17. The molecule has 1 aliphatic rings. The summed E-state index contributed by atoms with van der Waals surface area (Å²) in [6.45, 7) is 0. The van der Waals surface area contributed by atoms with E-state index in [0.717, 1.165) is 11.1 Å². The Kier molecular flexibility index (Phi) is 2.70. The van der Waals surface area contributed by atoms with Crippen LogP contribution in [0.1, 0.15) is 23.3 Å². The summed E-state index contributed by atoms with van der Waals surface area (Å²) in [4.78, 5) is 7.26. The summed E-state index contributed by atoms with van der Waals surface area (Å²) >= 11 is 0. The van der Waals surface area contributed by atoms with Crippen molar-refractivity contribution in [1.29, 1.82) is 0 Å². The van der Waals surface area contributed by atoms with Gasteiger partial charge in [-0.15, -0.1) is 0 Å². The van der Waals surface area contributed by atoms with Gasteiger partial charge in [0.15, 0.2) is 11.9 Å². The summed E-state index contributed by atoms with van der Waals surface area (Å²) in [7, 11) is 0. The van der Waals surface area contributed by atoms with Crippen LogP contribution >= 0.6 is 0 Å². The third kappa shape index (κ3) is 1.82. The van der Waals surface area contributed by atoms with Crippen molar-refractivity contribution in [2.24, 2.45) is 0 Å². The third-order valence-electron chi connectivity index (χ3n) is 3.90. The first-order chi connectivity index (χ1) is 10.3. The fourth-order valence-corrected chi connectivity index (χ4v) is 2.81. The predicted octanol–water partition coefficient (Wildman–Crippen LogP) is 2.09. The molecular formula is C16H14N2O3. The molecule has 1 aromatic heterocycles. The zero-order chi connectivity index (χ0) is 14.4. The van der Waals surface area contributed by atoms with Crippen molar-refractivity contribution < 1.29 is 14.9 Å². The average Bonchev–Trinajstić information content (AvgIpc) is 3.00. The molecule has 106 valence electrons. The number of nitrogens with one attached hydrogen (secondary N) is 1. The summed E-state index contributed by atoms with van der Waals surface area (Å²) in [5.74, 6) is 0.528. The van der Waals surface area contributed by atoms with Gasteiger partial charge in [0.1, 0.15) is 17.7 Å². The number of fused-ring (bicyclic) bond motifs is 3. The van der Waals surface area contributed by atoms with Crippen LogP contribution in [0.25, 0.3) is 11.0 Å². The molecule has 0 radical (unpaired) electrons. The first-order valence-corrected chi connectivity index (χ1v) is 6.79. The molecule has 0 saturated heterocycles. The summed E-state index contributed by atoms with van der Waals surface area (Å²) in [6, 6.07) is 13.0. The molecule has 0 amide bonds. The van der Waals surface area contributed by atoms with Gasteiger partial charge in [0, 0.05) is 5.56 Å². The second-order valence-electron chi connectivity index (χ2n) is 5.17. The maximum absolute atomic E-state index is 10.4. The Morgan fingerprint density at radius 1 is 1.05 bits per heavy atom. The Balaban J connectivity index is 1.87. The molecule has 3 unspecified atom stereocenters. The lowest BCUT2D eigenvalue weighted by atomic mass is 9.92. The number of imidazole rings is 1. The van der Waals surface area contributed by atoms with Gasteiger partial charge in [-0.25, -0.2) is 4.98 Å². The molecular weight excluding hydrogens is 268 g/mol. The van der Waals surface area contributed by atoms with Crippen molar-refractivity contribution in [3.05, 3.63) is 59.9 Å². The summed E-state index contributed by atoms with van der Waals surface area (Å²) in [5.41, 5.74) is 2.89. The van der Waals surface area contributed by atoms with Crippen LogP contribution in [0.15, 0.2) is 48.8 Å². The highest BCUT2D eigenvalue weighted by Crippen LogP contribution is 2.43. The third-order valence-corrected chi connectivity index (χ3v) is 3.90. The molecule has 0 bridgehead atoms. The zero-order valence-electron chi connectivity index (χ0n) is 11.1. The minimum absolute atomic E-state index is 0.528. The lowest BCUT2D eigenvalue weighted by Gasteiger charge is -2.34. The Bertz CT molecular complexity index is 785. The van der Waals surface area contributed by atoms with Gasteiger partial charge in [0.2, 0.25) is 0 Å². The fraction of sp³-hybridized carbons (Fsp3) is 0.188. The quantitative estimate of drug-likeness (QED) is 0.638. The van der Waals surface area contributed by atoms with Crippen LogP contribution in [-0.2, 0) is 0 Å². The topological polar surface area (TPSA) is 78.4 Å². The number of nitrogens with zero attached hydrogens (tertiary/aromatic N) is 1. The van der Waals surface area contributed by atoms with Crippen molar-refractivity contribution in [3.8, 4) is 5.75 Å². The number of aromatic amines is 1. The molecule has 3 N–H and O–H groups in total. The highest BCUT2D eigenvalue weighted by molar-refractivity contribution is 5.83. The van der Waals surface area contributed by atoms with Crippen molar-refractivity contribution in [2.45, 2.75) is 18.3 Å². The van der Waals surface area contributed by atoms with Gasteiger partial charge in [0.25, 0.3) is 0 Å². The number of H-pyrrole nitrogens is 1. The molecule has 0 fully saturated rings. The van der Waals surface area contributed by atoms with Gasteiger partial charge in [-0.05, 0) is 11.6 Å². The minimum atomic E-state index is -1.02.